The largest absolute Gasteiger partial charge is 0.472 e. The van der Waals surface area contributed by atoms with Crippen molar-refractivity contribution < 1.29 is 37.6 Å². The Morgan fingerprint density at radius 1 is 0.310 bits per heavy atom. The van der Waals surface area contributed by atoms with Gasteiger partial charge in [-0.25, -0.2) is 4.57 Å². The Morgan fingerprint density at radius 3 is 0.726 bits per heavy atom. The molecule has 0 rings (SSSR count). The van der Waals surface area contributed by atoms with Crippen LogP contribution < -0.4 is 5.73 Å². The molecule has 0 heterocycles. The number of carbonyl (C=O) groups is 2. The summed E-state index contributed by atoms with van der Waals surface area (Å²) in [6, 6.07) is 0. The molecule has 0 saturated heterocycles. The van der Waals surface area contributed by atoms with Crippen LogP contribution in [0.15, 0.2) is 0 Å². The lowest BCUT2D eigenvalue weighted by Crippen LogP contribution is -2.29. The summed E-state index contributed by atoms with van der Waals surface area (Å²) in [5.74, 6) is -0.796. The molecule has 0 aliphatic rings. The van der Waals surface area contributed by atoms with Crippen LogP contribution >= 0.6 is 7.82 Å². The minimum Gasteiger partial charge on any atom is -0.462 e. The van der Waals surface area contributed by atoms with Crippen molar-refractivity contribution in [2.75, 3.05) is 26.4 Å². The van der Waals surface area contributed by atoms with E-state index >= 15 is 0 Å². The van der Waals surface area contributed by atoms with Gasteiger partial charge in [0.1, 0.15) is 6.61 Å². The van der Waals surface area contributed by atoms with Crippen molar-refractivity contribution in [2.24, 2.45) is 5.73 Å². The molecule has 0 amide bonds. The molecule has 0 fully saturated rings. The summed E-state index contributed by atoms with van der Waals surface area (Å²) in [5.41, 5.74) is 5.41. The van der Waals surface area contributed by atoms with Gasteiger partial charge < -0.3 is 20.1 Å². The molecule has 84 heavy (non-hydrogen) atoms. The van der Waals surface area contributed by atoms with Crippen molar-refractivity contribution in [1.29, 1.82) is 0 Å². The second kappa shape index (κ2) is 71.1. The zero-order valence-electron chi connectivity index (χ0n) is 56.7. The number of phosphoric acid groups is 1. The third kappa shape index (κ3) is 70.1. The summed E-state index contributed by atoms with van der Waals surface area (Å²) in [7, 11) is -4.39. The van der Waals surface area contributed by atoms with Gasteiger partial charge in [0, 0.05) is 19.4 Å². The Bertz CT molecular complexity index is 1340. The highest BCUT2D eigenvalue weighted by molar-refractivity contribution is 7.47. The molecule has 10 heteroatoms. The molecule has 0 aromatic carbocycles. The fourth-order valence-electron chi connectivity index (χ4n) is 12.1. The van der Waals surface area contributed by atoms with Gasteiger partial charge in [0.2, 0.25) is 0 Å². The van der Waals surface area contributed by atoms with Crippen LogP contribution in [0.1, 0.15) is 431 Å². The molecule has 2 unspecified atom stereocenters. The van der Waals surface area contributed by atoms with E-state index in [0.717, 1.165) is 32.1 Å². The molecule has 0 saturated carbocycles. The molecule has 0 spiro atoms. The van der Waals surface area contributed by atoms with Crippen molar-refractivity contribution in [1.82, 2.24) is 0 Å². The van der Waals surface area contributed by atoms with Gasteiger partial charge in [-0.05, 0) is 12.8 Å². The summed E-state index contributed by atoms with van der Waals surface area (Å²) in [5, 5.41) is 0. The lowest BCUT2D eigenvalue weighted by molar-refractivity contribution is -0.161. The number of carbonyl (C=O) groups excluding carboxylic acids is 2. The van der Waals surface area contributed by atoms with Crippen LogP contribution in [-0.4, -0.2) is 49.3 Å². The van der Waals surface area contributed by atoms with E-state index in [0.29, 0.717) is 12.8 Å². The number of esters is 2. The number of rotatable bonds is 74. The van der Waals surface area contributed by atoms with Crippen molar-refractivity contribution in [2.45, 2.75) is 437 Å². The van der Waals surface area contributed by atoms with Gasteiger partial charge in [-0.3, -0.25) is 18.6 Å². The third-order valence-corrected chi connectivity index (χ3v) is 18.7. The minimum atomic E-state index is -4.39. The van der Waals surface area contributed by atoms with Crippen molar-refractivity contribution >= 4 is 19.8 Å². The first-order valence-electron chi connectivity index (χ1n) is 38.0. The highest BCUT2D eigenvalue weighted by atomic mass is 31.2. The average molecular weight is 1210 g/mol. The van der Waals surface area contributed by atoms with E-state index in [-0.39, 0.29) is 32.1 Å². The molecule has 0 bridgehead atoms. The Hall–Kier alpha value is -0.990. The second-order valence-corrected chi connectivity index (χ2v) is 27.7. The van der Waals surface area contributed by atoms with E-state index in [4.69, 9.17) is 24.3 Å². The van der Waals surface area contributed by atoms with E-state index in [9.17, 15) is 19.0 Å². The fourth-order valence-corrected chi connectivity index (χ4v) is 12.9. The SMILES string of the molecule is CCCCCCCCCCCCCCCCCCCCCCCCCCCCCCCCCCCCCCCCC(=O)OC(COC(=O)CCCCCCCCCCCCCCCCCCCCCCCCCCC)COP(=O)(O)OCCN. The van der Waals surface area contributed by atoms with Crippen LogP contribution in [0.2, 0.25) is 0 Å². The first-order chi connectivity index (χ1) is 41.3. The van der Waals surface area contributed by atoms with E-state index in [1.807, 2.05) is 0 Å². The van der Waals surface area contributed by atoms with Gasteiger partial charge in [0.05, 0.1) is 13.2 Å². The summed E-state index contributed by atoms with van der Waals surface area (Å²) in [6.45, 7) is 3.85. The van der Waals surface area contributed by atoms with Crippen molar-refractivity contribution in [3.8, 4) is 0 Å². The highest BCUT2D eigenvalue weighted by Crippen LogP contribution is 2.43. The Kier molecular flexibility index (Phi) is 70.3. The molecule has 9 nitrogen and oxygen atoms in total. The smallest absolute Gasteiger partial charge is 0.462 e. The fraction of sp³-hybridized carbons (Fsp3) is 0.973. The topological polar surface area (TPSA) is 134 Å². The number of unbranched alkanes of at least 4 members (excludes halogenated alkanes) is 61. The van der Waals surface area contributed by atoms with E-state index in [1.54, 1.807) is 0 Å². The molecule has 0 aromatic rings. The van der Waals surface area contributed by atoms with Gasteiger partial charge in [-0.2, -0.15) is 0 Å². The lowest BCUT2D eigenvalue weighted by atomic mass is 10.0. The van der Waals surface area contributed by atoms with Gasteiger partial charge in [0.25, 0.3) is 0 Å². The summed E-state index contributed by atoms with van der Waals surface area (Å²) in [4.78, 5) is 35.4. The standard InChI is InChI=1S/C74H148NO8P/c1-3-5-7-9-11-13-15-17-19-21-23-25-27-29-30-31-32-33-34-35-36-37-38-39-40-41-43-45-47-49-51-53-55-57-59-61-63-65-67-74(77)83-72(71-82-84(78,79)81-69-68-75)70-80-73(76)66-64-62-60-58-56-54-52-50-48-46-44-42-28-26-24-22-20-18-16-14-12-10-8-6-4-2/h72H,3-71,75H2,1-2H3,(H,78,79). The molecular weight excluding hydrogens is 1060 g/mol. The van der Waals surface area contributed by atoms with Crippen LogP contribution in [0.4, 0.5) is 0 Å². The number of nitrogens with two attached hydrogens (primary N) is 1. The lowest BCUT2D eigenvalue weighted by Gasteiger charge is -2.19. The maximum absolute atomic E-state index is 12.8. The van der Waals surface area contributed by atoms with Gasteiger partial charge in [-0.15, -0.1) is 0 Å². The highest BCUT2D eigenvalue weighted by Gasteiger charge is 2.26. The van der Waals surface area contributed by atoms with E-state index in [1.165, 1.54) is 366 Å². The Labute approximate surface area is 524 Å². The summed E-state index contributed by atoms with van der Waals surface area (Å²) < 4.78 is 33.2. The van der Waals surface area contributed by atoms with Crippen molar-refractivity contribution in [3.05, 3.63) is 0 Å². The normalized spacial score (nSPS) is 12.8. The first-order valence-corrected chi connectivity index (χ1v) is 39.5. The monoisotopic (exact) mass is 1210 g/mol. The molecule has 0 aliphatic carbocycles. The first kappa shape index (κ1) is 83.0. The molecule has 3 N–H and O–H groups in total. The predicted octanol–water partition coefficient (Wildman–Crippen LogP) is 24.9. The number of ether oxygens (including phenoxy) is 2. The van der Waals surface area contributed by atoms with Crippen LogP contribution in [0.3, 0.4) is 0 Å². The summed E-state index contributed by atoms with van der Waals surface area (Å²) >= 11 is 0. The molecule has 0 aromatic heterocycles. The minimum absolute atomic E-state index is 0.0589. The predicted molar refractivity (Wildman–Crippen MR) is 363 cm³/mol. The van der Waals surface area contributed by atoms with Crippen molar-refractivity contribution in [3.63, 3.8) is 0 Å². The van der Waals surface area contributed by atoms with Crippen LogP contribution in [0.25, 0.3) is 0 Å². The van der Waals surface area contributed by atoms with Crippen LogP contribution in [-0.2, 0) is 32.7 Å². The third-order valence-electron chi connectivity index (χ3n) is 17.7. The number of hydrogen-bond donors (Lipinski definition) is 2. The van der Waals surface area contributed by atoms with E-state index < -0.39 is 26.5 Å². The number of hydrogen-bond acceptors (Lipinski definition) is 8. The zero-order chi connectivity index (χ0) is 60.9. The zero-order valence-corrected chi connectivity index (χ0v) is 57.6. The maximum Gasteiger partial charge on any atom is 0.472 e. The molecular formula is C74H148NO8P. The van der Waals surface area contributed by atoms with E-state index in [2.05, 4.69) is 13.8 Å². The quantitative estimate of drug-likeness (QED) is 0.0347. The Morgan fingerprint density at radius 2 is 0.512 bits per heavy atom. The average Bonchev–Trinajstić information content (AvgIpc) is 3.55. The maximum atomic E-state index is 12.8. The van der Waals surface area contributed by atoms with Crippen LogP contribution in [0, 0.1) is 0 Å². The van der Waals surface area contributed by atoms with Crippen LogP contribution in [0.5, 0.6) is 0 Å². The van der Waals surface area contributed by atoms with Gasteiger partial charge in [-0.1, -0.05) is 406 Å². The molecule has 0 radical (unpaired) electrons. The van der Waals surface area contributed by atoms with Gasteiger partial charge in [0.15, 0.2) is 6.10 Å². The Balaban J connectivity index is 3.73. The molecule has 2 atom stereocenters. The molecule has 502 valence electrons. The second-order valence-electron chi connectivity index (χ2n) is 26.2. The number of phosphoric ester groups is 1. The molecule has 0 aliphatic heterocycles. The summed E-state index contributed by atoms with van der Waals surface area (Å²) in [6.07, 6.45) is 85.3. The van der Waals surface area contributed by atoms with Gasteiger partial charge >= 0.3 is 19.8 Å².